The number of anilines is 2. The maximum absolute atomic E-state index is 13.6. The highest BCUT2D eigenvalue weighted by Gasteiger charge is 2.23. The minimum absolute atomic E-state index is 0.0675. The summed E-state index contributed by atoms with van der Waals surface area (Å²) in [5.41, 5.74) is 2.22. The van der Waals surface area contributed by atoms with E-state index in [2.05, 4.69) is 20.7 Å². The van der Waals surface area contributed by atoms with E-state index in [1.54, 1.807) is 11.8 Å². The Morgan fingerprint density at radius 3 is 2.90 bits per heavy atom. The highest BCUT2D eigenvalue weighted by Crippen LogP contribution is 2.13. The van der Waals surface area contributed by atoms with E-state index in [0.29, 0.717) is 26.3 Å². The number of halogens is 1. The number of aromatic nitrogens is 2. The van der Waals surface area contributed by atoms with Crippen LogP contribution in [0.4, 0.5) is 16.2 Å². The van der Waals surface area contributed by atoms with Crippen molar-refractivity contribution in [2.45, 2.75) is 13.0 Å². The summed E-state index contributed by atoms with van der Waals surface area (Å²) in [5.74, 6) is 4.39. The molecule has 4 N–H and O–H groups in total. The molecule has 1 aliphatic heterocycles. The van der Waals surface area contributed by atoms with Gasteiger partial charge in [0.1, 0.15) is 6.04 Å². The third kappa shape index (κ3) is 3.31. The Labute approximate surface area is 115 Å². The number of hydrazine groups is 1. The van der Waals surface area contributed by atoms with Crippen molar-refractivity contribution in [2.24, 2.45) is 5.84 Å². The van der Waals surface area contributed by atoms with E-state index in [1.807, 2.05) is 0 Å². The maximum Gasteiger partial charge on any atom is 0.244 e. The number of hydrogen-bond acceptors (Lipinski definition) is 7. The van der Waals surface area contributed by atoms with Crippen molar-refractivity contribution in [3.05, 3.63) is 12.0 Å². The lowest BCUT2D eigenvalue weighted by atomic mass is 10.2. The number of morpholine rings is 1. The average Bonchev–Trinajstić information content (AvgIpc) is 2.49. The second kappa shape index (κ2) is 6.44. The van der Waals surface area contributed by atoms with Gasteiger partial charge in [0.15, 0.2) is 11.6 Å². The van der Waals surface area contributed by atoms with E-state index in [-0.39, 0.29) is 17.7 Å². The summed E-state index contributed by atoms with van der Waals surface area (Å²) in [6.45, 7) is 3.75. The molecule has 1 aromatic rings. The van der Waals surface area contributed by atoms with Crippen LogP contribution in [0.5, 0.6) is 0 Å². The maximum atomic E-state index is 13.6. The minimum atomic E-state index is -0.648. The summed E-state index contributed by atoms with van der Waals surface area (Å²) in [6, 6.07) is -0.608. The Bertz CT molecular complexity index is 480. The van der Waals surface area contributed by atoms with Crippen LogP contribution in [0, 0.1) is 5.82 Å². The third-order valence-corrected chi connectivity index (χ3v) is 2.92. The van der Waals surface area contributed by atoms with Gasteiger partial charge in [0.2, 0.25) is 11.9 Å². The first-order chi connectivity index (χ1) is 9.61. The molecule has 1 atom stereocenters. The summed E-state index contributed by atoms with van der Waals surface area (Å²) in [7, 11) is 0. The molecular formula is C11H17FN6O2. The molecule has 0 spiro atoms. The van der Waals surface area contributed by atoms with Gasteiger partial charge in [0.25, 0.3) is 0 Å². The molecule has 1 aromatic heterocycles. The summed E-state index contributed by atoms with van der Waals surface area (Å²) in [5, 5.41) is 2.73. The Kier molecular flexibility index (Phi) is 4.64. The fourth-order valence-corrected chi connectivity index (χ4v) is 1.86. The predicted octanol–water partition coefficient (Wildman–Crippen LogP) is -0.440. The molecule has 0 bridgehead atoms. The van der Waals surface area contributed by atoms with Gasteiger partial charge in [-0.1, -0.05) is 0 Å². The monoisotopic (exact) mass is 284 g/mol. The molecule has 1 unspecified atom stereocenters. The van der Waals surface area contributed by atoms with Crippen molar-refractivity contribution in [3.63, 3.8) is 0 Å². The minimum Gasteiger partial charge on any atom is -0.378 e. The average molecular weight is 284 g/mol. The lowest BCUT2D eigenvalue weighted by Crippen LogP contribution is -2.47. The number of nitrogen functional groups attached to an aromatic ring is 1. The number of carbonyl (C=O) groups excluding carboxylic acids is 1. The number of amides is 1. The van der Waals surface area contributed by atoms with E-state index in [1.165, 1.54) is 0 Å². The van der Waals surface area contributed by atoms with E-state index in [9.17, 15) is 9.18 Å². The number of hydrogen-bond donors (Lipinski definition) is 3. The Hall–Kier alpha value is -2.00. The van der Waals surface area contributed by atoms with Crippen LogP contribution in [0.25, 0.3) is 0 Å². The van der Waals surface area contributed by atoms with Gasteiger partial charge in [-0.25, -0.2) is 15.2 Å². The van der Waals surface area contributed by atoms with Gasteiger partial charge in [0.05, 0.1) is 19.4 Å². The normalized spacial score (nSPS) is 16.6. The van der Waals surface area contributed by atoms with Gasteiger partial charge >= 0.3 is 0 Å². The first-order valence-corrected chi connectivity index (χ1v) is 6.24. The van der Waals surface area contributed by atoms with Crippen LogP contribution in [0.2, 0.25) is 0 Å². The zero-order valence-electron chi connectivity index (χ0n) is 11.1. The van der Waals surface area contributed by atoms with Crippen molar-refractivity contribution in [3.8, 4) is 0 Å². The first kappa shape index (κ1) is 14.4. The summed E-state index contributed by atoms with van der Waals surface area (Å²) >= 11 is 0. The van der Waals surface area contributed by atoms with Crippen LogP contribution in [0.1, 0.15) is 6.92 Å². The highest BCUT2D eigenvalue weighted by atomic mass is 19.1. The molecule has 0 saturated carbocycles. The van der Waals surface area contributed by atoms with Crippen molar-refractivity contribution in [2.75, 3.05) is 37.0 Å². The van der Waals surface area contributed by atoms with E-state index in [4.69, 9.17) is 10.6 Å². The lowest BCUT2D eigenvalue weighted by Gasteiger charge is -2.29. The molecule has 110 valence electrons. The molecule has 1 aliphatic rings. The van der Waals surface area contributed by atoms with Crippen LogP contribution < -0.4 is 16.6 Å². The fourth-order valence-electron chi connectivity index (χ4n) is 1.86. The molecule has 20 heavy (non-hydrogen) atoms. The second-order valence-corrected chi connectivity index (χ2v) is 4.34. The van der Waals surface area contributed by atoms with Crippen molar-refractivity contribution in [1.29, 1.82) is 0 Å². The van der Waals surface area contributed by atoms with Crippen molar-refractivity contribution in [1.82, 2.24) is 14.9 Å². The Balaban J connectivity index is 2.03. The topological polar surface area (TPSA) is 105 Å². The fraction of sp³-hybridized carbons (Fsp3) is 0.545. The zero-order chi connectivity index (χ0) is 14.5. The number of rotatable bonds is 4. The Morgan fingerprint density at radius 2 is 2.25 bits per heavy atom. The molecule has 1 fully saturated rings. The lowest BCUT2D eigenvalue weighted by molar-refractivity contribution is -0.135. The summed E-state index contributed by atoms with van der Waals surface area (Å²) in [6.07, 6.45) is 0.983. The summed E-state index contributed by atoms with van der Waals surface area (Å²) in [4.78, 5) is 21.3. The molecule has 2 heterocycles. The zero-order valence-corrected chi connectivity index (χ0v) is 11.1. The Morgan fingerprint density at radius 1 is 1.55 bits per heavy atom. The molecule has 0 aromatic carbocycles. The molecule has 8 nitrogen and oxygen atoms in total. The largest absolute Gasteiger partial charge is 0.378 e. The van der Waals surface area contributed by atoms with Crippen LogP contribution in [-0.2, 0) is 9.53 Å². The number of ether oxygens (including phenoxy) is 1. The molecule has 9 heteroatoms. The van der Waals surface area contributed by atoms with E-state index < -0.39 is 11.9 Å². The highest BCUT2D eigenvalue weighted by molar-refractivity contribution is 5.84. The number of carbonyl (C=O) groups is 1. The van der Waals surface area contributed by atoms with Crippen LogP contribution >= 0.6 is 0 Å². The van der Waals surface area contributed by atoms with Crippen molar-refractivity contribution >= 4 is 17.7 Å². The standard InChI is InChI=1S/C11H17FN6O2/c1-7(10(19)18-2-4-20-5-3-18)15-9-8(12)6-14-11(16-9)17-13/h6-7H,2-5,13H2,1H3,(H2,14,15,16,17). The number of nitrogens with one attached hydrogen (secondary N) is 2. The van der Waals surface area contributed by atoms with E-state index >= 15 is 0 Å². The SMILES string of the molecule is CC(Nc1nc(NN)ncc1F)C(=O)N1CCOCC1. The molecule has 0 radical (unpaired) electrons. The summed E-state index contributed by atoms with van der Waals surface area (Å²) < 4.78 is 18.8. The van der Waals surface area contributed by atoms with Crippen LogP contribution in [0.15, 0.2) is 6.20 Å². The van der Waals surface area contributed by atoms with Gasteiger partial charge in [-0.15, -0.1) is 0 Å². The molecule has 1 saturated heterocycles. The number of nitrogens with two attached hydrogens (primary N) is 1. The molecule has 0 aliphatic carbocycles. The van der Waals surface area contributed by atoms with Gasteiger partial charge in [-0.2, -0.15) is 4.98 Å². The van der Waals surface area contributed by atoms with Gasteiger partial charge in [-0.05, 0) is 6.92 Å². The first-order valence-electron chi connectivity index (χ1n) is 6.24. The smallest absolute Gasteiger partial charge is 0.244 e. The van der Waals surface area contributed by atoms with E-state index in [0.717, 1.165) is 6.20 Å². The van der Waals surface area contributed by atoms with Gasteiger partial charge in [-0.3, -0.25) is 10.2 Å². The molecule has 2 rings (SSSR count). The van der Waals surface area contributed by atoms with Gasteiger partial charge in [0, 0.05) is 13.1 Å². The molecule has 1 amide bonds. The predicted molar refractivity (Wildman–Crippen MR) is 70.3 cm³/mol. The number of nitrogens with zero attached hydrogens (tertiary/aromatic N) is 3. The quantitative estimate of drug-likeness (QED) is 0.508. The van der Waals surface area contributed by atoms with Crippen molar-refractivity contribution < 1.29 is 13.9 Å². The molecular weight excluding hydrogens is 267 g/mol. The third-order valence-electron chi connectivity index (χ3n) is 2.92. The second-order valence-electron chi connectivity index (χ2n) is 4.34. The van der Waals surface area contributed by atoms with Gasteiger partial charge < -0.3 is 15.0 Å². The van der Waals surface area contributed by atoms with Crippen LogP contribution in [-0.4, -0.2) is 53.1 Å². The van der Waals surface area contributed by atoms with Crippen LogP contribution in [0.3, 0.4) is 0 Å².